The number of aromatic nitrogens is 1. The minimum absolute atomic E-state index is 0.0229. The number of aryl methyl sites for hydroxylation is 2. The summed E-state index contributed by atoms with van der Waals surface area (Å²) in [6, 6.07) is 22.8. The number of pyridine rings is 1. The van der Waals surface area contributed by atoms with E-state index in [1.807, 2.05) is 26.0 Å². The molecule has 2 N–H and O–H groups in total. The van der Waals surface area contributed by atoms with Crippen molar-refractivity contribution < 1.29 is 21.6 Å². The molecule has 4 rings (SSSR count). The SMILES string of the molecule is Cc1ccc(N(Cc2ccc(C(=O)Nc3ccc(S(=O)(=O)Nc4ccccn4)cc3)cc2)S(C)(=O)=O)cc1C. The van der Waals surface area contributed by atoms with Gasteiger partial charge in [0.25, 0.3) is 15.9 Å². The minimum Gasteiger partial charge on any atom is -0.322 e. The number of carbonyl (C=O) groups excluding carboxylic acids is 1. The molecule has 0 saturated carbocycles. The Hall–Kier alpha value is -4.22. The van der Waals surface area contributed by atoms with Gasteiger partial charge in [-0.05, 0) is 91.2 Å². The van der Waals surface area contributed by atoms with Gasteiger partial charge >= 0.3 is 0 Å². The molecule has 0 atom stereocenters. The van der Waals surface area contributed by atoms with E-state index in [0.29, 0.717) is 22.5 Å². The van der Waals surface area contributed by atoms with Gasteiger partial charge in [-0.1, -0.05) is 24.3 Å². The fourth-order valence-electron chi connectivity index (χ4n) is 3.75. The Bertz CT molecular complexity index is 1690. The van der Waals surface area contributed by atoms with Crippen molar-refractivity contribution in [2.24, 2.45) is 0 Å². The van der Waals surface area contributed by atoms with Crippen LogP contribution in [0.5, 0.6) is 0 Å². The summed E-state index contributed by atoms with van der Waals surface area (Å²) in [5.74, 6) is -0.190. The number of anilines is 3. The molecule has 0 spiro atoms. The van der Waals surface area contributed by atoms with Gasteiger partial charge in [0.05, 0.1) is 23.4 Å². The number of hydrogen-bond acceptors (Lipinski definition) is 6. The summed E-state index contributed by atoms with van der Waals surface area (Å²) in [5.41, 5.74) is 4.12. The highest BCUT2D eigenvalue weighted by molar-refractivity contribution is 7.92. The molecule has 39 heavy (non-hydrogen) atoms. The first kappa shape index (κ1) is 27.8. The average Bonchev–Trinajstić information content (AvgIpc) is 2.89. The van der Waals surface area contributed by atoms with Gasteiger partial charge in [0.1, 0.15) is 5.82 Å². The second-order valence-corrected chi connectivity index (χ2v) is 12.6. The van der Waals surface area contributed by atoms with Gasteiger partial charge in [-0.3, -0.25) is 13.8 Å². The third-order valence-corrected chi connectivity index (χ3v) is 8.56. The first-order valence-corrected chi connectivity index (χ1v) is 15.2. The molecule has 0 aliphatic carbocycles. The molecule has 0 radical (unpaired) electrons. The monoisotopic (exact) mass is 564 g/mol. The van der Waals surface area contributed by atoms with Gasteiger partial charge in [0, 0.05) is 17.4 Å². The van der Waals surface area contributed by atoms with E-state index in [1.165, 1.54) is 34.8 Å². The second-order valence-electron chi connectivity index (χ2n) is 9.03. The molecule has 4 aromatic rings. The summed E-state index contributed by atoms with van der Waals surface area (Å²) in [4.78, 5) is 16.7. The zero-order valence-corrected chi connectivity index (χ0v) is 23.3. The van der Waals surface area contributed by atoms with Crippen LogP contribution in [0.15, 0.2) is 96.0 Å². The molecular formula is C28H28N4O5S2. The van der Waals surface area contributed by atoms with Gasteiger partial charge < -0.3 is 5.32 Å². The van der Waals surface area contributed by atoms with E-state index in [-0.39, 0.29) is 17.3 Å². The highest BCUT2D eigenvalue weighted by Gasteiger charge is 2.19. The van der Waals surface area contributed by atoms with Gasteiger partial charge in [0.15, 0.2) is 0 Å². The van der Waals surface area contributed by atoms with Gasteiger partial charge in [-0.15, -0.1) is 0 Å². The summed E-state index contributed by atoms with van der Waals surface area (Å²) in [7, 11) is -7.37. The first-order valence-electron chi connectivity index (χ1n) is 11.9. The Morgan fingerprint density at radius 2 is 1.54 bits per heavy atom. The van der Waals surface area contributed by atoms with E-state index in [4.69, 9.17) is 0 Å². The molecule has 3 aromatic carbocycles. The first-order chi connectivity index (χ1) is 18.4. The van der Waals surface area contributed by atoms with Crippen LogP contribution in [-0.2, 0) is 26.6 Å². The maximum Gasteiger partial charge on any atom is 0.263 e. The van der Waals surface area contributed by atoms with Crippen molar-refractivity contribution in [3.8, 4) is 0 Å². The standard InChI is InChI=1S/C28H28N4O5S2/c1-20-7-14-25(18-21(20)2)32(38(3,34)35)19-22-8-10-23(11-9-22)28(33)30-24-12-15-26(16-13-24)39(36,37)31-27-6-4-5-17-29-27/h4-18H,19H2,1-3H3,(H,29,31)(H,30,33). The molecule has 1 aromatic heterocycles. The Balaban J connectivity index is 1.43. The lowest BCUT2D eigenvalue weighted by atomic mass is 10.1. The summed E-state index contributed by atoms with van der Waals surface area (Å²) in [6.07, 6.45) is 2.64. The molecule has 11 heteroatoms. The van der Waals surface area contributed by atoms with Crippen LogP contribution in [0.1, 0.15) is 27.0 Å². The van der Waals surface area contributed by atoms with Crippen molar-refractivity contribution in [2.75, 3.05) is 20.6 Å². The molecule has 0 bridgehead atoms. The van der Waals surface area contributed by atoms with E-state index in [9.17, 15) is 21.6 Å². The third kappa shape index (κ3) is 7.01. The van der Waals surface area contributed by atoms with Crippen molar-refractivity contribution in [1.82, 2.24) is 4.98 Å². The number of sulfonamides is 2. The van der Waals surface area contributed by atoms with Crippen LogP contribution in [-0.4, -0.2) is 34.0 Å². The number of rotatable bonds is 9. The minimum atomic E-state index is -3.83. The van der Waals surface area contributed by atoms with Gasteiger partial charge in [-0.25, -0.2) is 21.8 Å². The van der Waals surface area contributed by atoms with Crippen LogP contribution in [0.3, 0.4) is 0 Å². The van der Waals surface area contributed by atoms with Crippen LogP contribution < -0.4 is 14.3 Å². The lowest BCUT2D eigenvalue weighted by Crippen LogP contribution is -2.29. The van der Waals surface area contributed by atoms with Crippen molar-refractivity contribution in [3.05, 3.63) is 113 Å². The largest absolute Gasteiger partial charge is 0.322 e. The van der Waals surface area contributed by atoms with E-state index in [1.54, 1.807) is 48.5 Å². The van der Waals surface area contributed by atoms with Crippen molar-refractivity contribution in [2.45, 2.75) is 25.3 Å². The quantitative estimate of drug-likeness (QED) is 0.303. The molecule has 0 unspecified atom stereocenters. The number of carbonyl (C=O) groups is 1. The highest BCUT2D eigenvalue weighted by Crippen LogP contribution is 2.24. The summed E-state index contributed by atoms with van der Waals surface area (Å²) in [5, 5.41) is 2.74. The molecule has 1 heterocycles. The van der Waals surface area contributed by atoms with E-state index >= 15 is 0 Å². The zero-order chi connectivity index (χ0) is 28.2. The van der Waals surface area contributed by atoms with Crippen LogP contribution in [0.4, 0.5) is 17.2 Å². The molecule has 0 aliphatic heterocycles. The molecule has 0 aliphatic rings. The van der Waals surface area contributed by atoms with Gasteiger partial charge in [-0.2, -0.15) is 0 Å². The predicted molar refractivity (Wildman–Crippen MR) is 153 cm³/mol. The maximum absolute atomic E-state index is 12.8. The topological polar surface area (TPSA) is 126 Å². The smallest absolute Gasteiger partial charge is 0.263 e. The maximum atomic E-state index is 12.8. The fraction of sp³-hybridized carbons (Fsp3) is 0.143. The Labute approximate surface area is 228 Å². The number of benzene rings is 3. The van der Waals surface area contributed by atoms with Crippen LogP contribution >= 0.6 is 0 Å². The van der Waals surface area contributed by atoms with E-state index in [2.05, 4.69) is 15.0 Å². The second kappa shape index (κ2) is 11.3. The number of amides is 1. The molecule has 1 amide bonds. The lowest BCUT2D eigenvalue weighted by Gasteiger charge is -2.23. The lowest BCUT2D eigenvalue weighted by molar-refractivity contribution is 0.102. The van der Waals surface area contributed by atoms with E-state index in [0.717, 1.165) is 17.4 Å². The number of nitrogens with zero attached hydrogens (tertiary/aromatic N) is 2. The molecule has 0 fully saturated rings. The Morgan fingerprint density at radius 3 is 2.13 bits per heavy atom. The van der Waals surface area contributed by atoms with Crippen LogP contribution in [0, 0.1) is 13.8 Å². The van der Waals surface area contributed by atoms with Gasteiger partial charge in [0.2, 0.25) is 10.0 Å². The summed E-state index contributed by atoms with van der Waals surface area (Å²) in [6.45, 7) is 4.01. The Morgan fingerprint density at radius 1 is 0.846 bits per heavy atom. The van der Waals surface area contributed by atoms with Crippen LogP contribution in [0.25, 0.3) is 0 Å². The highest BCUT2D eigenvalue weighted by atomic mass is 32.2. The van der Waals surface area contributed by atoms with Crippen molar-refractivity contribution in [3.63, 3.8) is 0 Å². The normalized spacial score (nSPS) is 11.6. The number of hydrogen-bond donors (Lipinski definition) is 2. The Kier molecular flexibility index (Phi) is 8.03. The molecular weight excluding hydrogens is 536 g/mol. The fourth-order valence-corrected chi connectivity index (χ4v) is 5.64. The van der Waals surface area contributed by atoms with Crippen LogP contribution in [0.2, 0.25) is 0 Å². The predicted octanol–water partition coefficient (Wildman–Crippen LogP) is 4.72. The average molecular weight is 565 g/mol. The zero-order valence-electron chi connectivity index (χ0n) is 21.6. The summed E-state index contributed by atoms with van der Waals surface area (Å²) >= 11 is 0. The third-order valence-electron chi connectivity index (χ3n) is 6.05. The molecule has 9 nitrogen and oxygen atoms in total. The number of nitrogens with one attached hydrogen (secondary N) is 2. The van der Waals surface area contributed by atoms with Crippen molar-refractivity contribution in [1.29, 1.82) is 0 Å². The van der Waals surface area contributed by atoms with E-state index < -0.39 is 26.0 Å². The molecule has 202 valence electrons. The summed E-state index contributed by atoms with van der Waals surface area (Å²) < 4.78 is 53.9. The van der Waals surface area contributed by atoms with Crippen molar-refractivity contribution >= 4 is 43.1 Å². The molecule has 0 saturated heterocycles.